The number of aliphatic hydroxyl groups excluding tert-OH is 2. The number of aromatic nitrogens is 2. The zero-order valence-corrected chi connectivity index (χ0v) is 52.8. The highest BCUT2D eigenvalue weighted by atomic mass is 35.5. The Bertz CT molecular complexity index is 3320. The Hall–Kier alpha value is -6.52. The number of Topliss-reactive ketones (excluding diaryl/α,β-unsaturated/α-hetero) is 2. The van der Waals surface area contributed by atoms with Crippen LogP contribution in [0.15, 0.2) is 109 Å². The molecule has 2 aromatic heterocycles. The van der Waals surface area contributed by atoms with Gasteiger partial charge in [0.05, 0.1) is 32.3 Å². The van der Waals surface area contributed by atoms with Gasteiger partial charge in [-0.1, -0.05) is 91.3 Å². The summed E-state index contributed by atoms with van der Waals surface area (Å²) in [7, 11) is 7.52. The number of rotatable bonds is 22. The van der Waals surface area contributed by atoms with Crippen molar-refractivity contribution in [3.63, 3.8) is 0 Å². The third-order valence-electron chi connectivity index (χ3n) is 20.5. The first-order chi connectivity index (χ1) is 42.1. The number of benzene rings is 4. The molecule has 8 aliphatic carbocycles. The number of carboxylic acid groups (broad SMARTS) is 2. The van der Waals surface area contributed by atoms with Crippen molar-refractivity contribution in [2.75, 3.05) is 54.5 Å². The van der Waals surface area contributed by atoms with Gasteiger partial charge in [-0.15, -0.1) is 0 Å². The molecule has 16 heteroatoms. The van der Waals surface area contributed by atoms with E-state index in [-0.39, 0.29) is 80.1 Å². The summed E-state index contributed by atoms with van der Waals surface area (Å²) in [5, 5.41) is 42.7. The Morgan fingerprint density at radius 1 is 0.506 bits per heavy atom. The van der Waals surface area contributed by atoms with Gasteiger partial charge in [0.2, 0.25) is 0 Å². The molecule has 2 atom stereocenters. The summed E-state index contributed by atoms with van der Waals surface area (Å²) < 4.78 is 11.9. The number of aliphatic hydroxyl groups is 2. The van der Waals surface area contributed by atoms with Gasteiger partial charge in [-0.3, -0.25) is 19.2 Å². The minimum Gasteiger partial charge on any atom is -0.489 e. The quantitative estimate of drug-likeness (QED) is 0.0468. The fourth-order valence-electron chi connectivity index (χ4n) is 16.9. The molecule has 0 radical (unpaired) electrons. The van der Waals surface area contributed by atoms with Crippen molar-refractivity contribution >= 4 is 46.7 Å². The van der Waals surface area contributed by atoms with Gasteiger partial charge in [0.15, 0.2) is 11.6 Å². The Labute approximate surface area is 534 Å². The normalized spacial score (nSPS) is 25.8. The van der Waals surface area contributed by atoms with Crippen LogP contribution in [0.5, 0.6) is 11.5 Å². The van der Waals surface area contributed by atoms with Gasteiger partial charge < -0.3 is 39.7 Å². The van der Waals surface area contributed by atoms with Crippen molar-refractivity contribution in [2.24, 2.45) is 58.2 Å². The summed E-state index contributed by atoms with van der Waals surface area (Å²) >= 11 is 13.0. The number of carbonyl (C=O) groups excluding carboxylic acids is 2. The number of halogens is 2. The maximum atomic E-state index is 14.0. The highest BCUT2D eigenvalue weighted by Crippen LogP contribution is 2.65. The summed E-state index contributed by atoms with van der Waals surface area (Å²) in [4.78, 5) is 67.6. The van der Waals surface area contributed by atoms with E-state index in [1.54, 1.807) is 36.4 Å². The van der Waals surface area contributed by atoms with Crippen molar-refractivity contribution in [2.45, 2.75) is 111 Å². The van der Waals surface area contributed by atoms with Crippen LogP contribution in [-0.4, -0.2) is 130 Å². The molecule has 4 aromatic carbocycles. The number of carbonyl (C=O) groups is 4. The molecule has 0 spiro atoms. The highest BCUT2D eigenvalue weighted by molar-refractivity contribution is 6.32. The lowest BCUT2D eigenvalue weighted by atomic mass is 9.44. The second-order valence-electron chi connectivity index (χ2n) is 27.1. The Balaban J connectivity index is 0.000000194. The van der Waals surface area contributed by atoms with Gasteiger partial charge in [0, 0.05) is 48.2 Å². The number of hydrogen-bond acceptors (Lipinski definition) is 12. The topological polar surface area (TPSA) is 200 Å². The third kappa shape index (κ3) is 13.5. The van der Waals surface area contributed by atoms with E-state index >= 15 is 0 Å². The molecule has 0 aliphatic heterocycles. The van der Waals surface area contributed by atoms with Crippen LogP contribution in [0.1, 0.15) is 117 Å². The Morgan fingerprint density at radius 3 is 1.16 bits per heavy atom. The van der Waals surface area contributed by atoms with E-state index in [9.17, 15) is 39.6 Å². The first-order valence-electron chi connectivity index (χ1n) is 31.3. The lowest BCUT2D eigenvalue weighted by Gasteiger charge is -2.59. The zero-order valence-electron chi connectivity index (χ0n) is 51.3. The van der Waals surface area contributed by atoms with Crippen molar-refractivity contribution in [3.05, 3.63) is 142 Å². The summed E-state index contributed by atoms with van der Waals surface area (Å²) in [6.45, 7) is 5.09. The molecule has 8 saturated carbocycles. The van der Waals surface area contributed by atoms with Gasteiger partial charge in [-0.25, -0.2) is 9.97 Å². The maximum absolute atomic E-state index is 14.0. The van der Waals surface area contributed by atoms with Gasteiger partial charge in [-0.2, -0.15) is 0 Å². The smallest absolute Gasteiger partial charge is 0.310 e. The van der Waals surface area contributed by atoms with Gasteiger partial charge >= 0.3 is 11.9 Å². The fraction of sp³-hybridized carbons (Fsp3) is 0.479. The van der Waals surface area contributed by atoms with E-state index < -0.39 is 35.0 Å². The number of nitrogens with zero attached hydrogens (tertiary/aromatic N) is 4. The van der Waals surface area contributed by atoms with Gasteiger partial charge in [0.25, 0.3) is 0 Å². The first kappa shape index (κ1) is 65.4. The average Bonchev–Trinajstić information content (AvgIpc) is 0.740. The lowest BCUT2D eigenvalue weighted by Crippen LogP contribution is -2.57. The van der Waals surface area contributed by atoms with E-state index in [0.29, 0.717) is 80.8 Å². The SMILES string of the molecule is C.Cc1ccccc1-c1ccc(C(=O)CC2(C(=O)O)C3CC4CC(C3)CC2C4)nc1-c1ccc(Cl)c(OC[C@@H](O)CN(C)C)c1.Cc1ccccc1-c1ccc(C(=O)CC2(C(=O)O)C3CC4CC(C3)CC2C4)nc1-c1ccc(Cl)c(OC[C@H](O)CN(C)C)c1. The van der Waals surface area contributed by atoms with Crippen LogP contribution in [0.4, 0.5) is 0 Å². The molecule has 0 saturated heterocycles. The predicted octanol–water partition coefficient (Wildman–Crippen LogP) is 14.2. The summed E-state index contributed by atoms with van der Waals surface area (Å²) in [5.41, 5.74) is 6.89. The monoisotopic (exact) mass is 1250 g/mol. The van der Waals surface area contributed by atoms with Crippen LogP contribution in [-0.2, 0) is 9.59 Å². The number of aryl methyl sites for hydroxylation is 2. The van der Waals surface area contributed by atoms with Crippen LogP contribution in [0.2, 0.25) is 10.0 Å². The molecule has 14 rings (SSSR count). The summed E-state index contributed by atoms with van der Waals surface area (Å²) in [6.07, 6.45) is 8.28. The molecule has 472 valence electrons. The van der Waals surface area contributed by atoms with Crippen LogP contribution in [0, 0.1) is 72.0 Å². The number of ether oxygens (including phenoxy) is 2. The molecule has 2 heterocycles. The second kappa shape index (κ2) is 27.1. The molecular weight excluding hydrogens is 1160 g/mol. The van der Waals surface area contributed by atoms with Crippen LogP contribution in [0.25, 0.3) is 44.8 Å². The molecule has 14 nitrogen and oxygen atoms in total. The molecule has 8 fully saturated rings. The van der Waals surface area contributed by atoms with E-state index in [1.165, 1.54) is 12.8 Å². The summed E-state index contributed by atoms with van der Waals surface area (Å²) in [5.74, 6) is 1.30. The van der Waals surface area contributed by atoms with Gasteiger partial charge in [0.1, 0.15) is 48.3 Å². The first-order valence-corrected chi connectivity index (χ1v) is 32.0. The number of likely N-dealkylation sites (N-methyl/N-ethyl adjacent to an activating group) is 2. The summed E-state index contributed by atoms with van der Waals surface area (Å²) in [6, 6.07) is 34.1. The molecule has 8 aliphatic rings. The molecule has 0 unspecified atom stereocenters. The molecule has 0 amide bonds. The van der Waals surface area contributed by atoms with E-state index in [4.69, 9.17) is 42.6 Å². The second-order valence-corrected chi connectivity index (χ2v) is 27.9. The van der Waals surface area contributed by atoms with Crippen molar-refractivity contribution < 1.29 is 49.1 Å². The Kier molecular flexibility index (Phi) is 19.9. The molecule has 4 N–H and O–H groups in total. The number of hydrogen-bond donors (Lipinski definition) is 4. The number of ketones is 2. The van der Waals surface area contributed by atoms with Crippen LogP contribution >= 0.6 is 23.2 Å². The minimum atomic E-state index is -1.02. The number of carboxylic acids is 2. The van der Waals surface area contributed by atoms with Gasteiger partial charge in [-0.05, 0) is 224 Å². The standard InChI is InChI=1S/2C36H41ClN2O5.CH4/c2*1-21-6-4-5-7-28(21)29-9-11-31(32(41)18-36(35(42)43)25-13-22-12-23(15-25)16-26(36)14-22)38-34(29)24-8-10-30(37)33(17-24)44-20-27(40)19-39(2)3;/h2*4-11,17,22-23,25-27,40H,12-16,18-20H2,1-3H3,(H,42,43);1H4/t2*22?,23?,25?,26?,27-,36?;/m10./s1. The van der Waals surface area contributed by atoms with E-state index in [2.05, 4.69) is 0 Å². The zero-order chi connectivity index (χ0) is 62.3. The number of pyridine rings is 2. The van der Waals surface area contributed by atoms with Crippen molar-refractivity contribution in [1.29, 1.82) is 0 Å². The molecular formula is C73H86Cl2N4O10. The van der Waals surface area contributed by atoms with E-state index in [1.807, 2.05) is 125 Å². The lowest BCUT2D eigenvalue weighted by molar-refractivity contribution is -0.177. The predicted molar refractivity (Wildman–Crippen MR) is 349 cm³/mol. The fourth-order valence-corrected chi connectivity index (χ4v) is 17.2. The van der Waals surface area contributed by atoms with Crippen LogP contribution in [0.3, 0.4) is 0 Å². The highest BCUT2D eigenvalue weighted by Gasteiger charge is 2.63. The van der Waals surface area contributed by atoms with Crippen molar-refractivity contribution in [1.82, 2.24) is 19.8 Å². The molecule has 6 aromatic rings. The molecule has 89 heavy (non-hydrogen) atoms. The van der Waals surface area contributed by atoms with Crippen molar-refractivity contribution in [3.8, 4) is 56.3 Å². The third-order valence-corrected chi connectivity index (χ3v) is 21.2. The molecule has 8 bridgehead atoms. The maximum Gasteiger partial charge on any atom is 0.310 e. The van der Waals surface area contributed by atoms with Crippen LogP contribution < -0.4 is 9.47 Å². The average molecular weight is 1250 g/mol. The van der Waals surface area contributed by atoms with E-state index in [0.717, 1.165) is 84.7 Å². The largest absolute Gasteiger partial charge is 0.489 e. The Morgan fingerprint density at radius 2 is 0.843 bits per heavy atom. The number of aliphatic carboxylic acids is 2. The minimum absolute atomic E-state index is 0.